The number of unbranched alkanes of at least 4 members (excludes halogenated alkanes) is 1. The van der Waals surface area contributed by atoms with Gasteiger partial charge in [-0.1, -0.05) is 39.0 Å². The fourth-order valence-electron chi connectivity index (χ4n) is 1.95. The number of rotatable bonds is 9. The summed E-state index contributed by atoms with van der Waals surface area (Å²) in [7, 11) is 0. The molecule has 0 aliphatic heterocycles. The highest BCUT2D eigenvalue weighted by Crippen LogP contribution is 2.28. The van der Waals surface area contributed by atoms with Gasteiger partial charge in [-0.25, -0.2) is 0 Å². The second-order valence-electron chi connectivity index (χ2n) is 4.76. The Morgan fingerprint density at radius 2 is 1.94 bits per heavy atom. The van der Waals surface area contributed by atoms with Crippen LogP contribution in [0.5, 0.6) is 5.75 Å². The molecule has 0 radical (unpaired) electrons. The molecule has 0 bridgehead atoms. The zero-order chi connectivity index (χ0) is 13.2. The van der Waals surface area contributed by atoms with Crippen LogP contribution in [0, 0.1) is 0 Å². The van der Waals surface area contributed by atoms with Crippen molar-refractivity contribution in [2.75, 3.05) is 19.7 Å². The number of ether oxygens (including phenoxy) is 1. The molecule has 0 spiro atoms. The molecule has 1 unspecified atom stereocenters. The van der Waals surface area contributed by atoms with Gasteiger partial charge >= 0.3 is 0 Å². The molecule has 1 aromatic carbocycles. The van der Waals surface area contributed by atoms with Crippen molar-refractivity contribution in [3.63, 3.8) is 0 Å². The Morgan fingerprint density at radius 3 is 2.67 bits per heavy atom. The maximum absolute atomic E-state index is 5.91. The first-order valence-electron chi connectivity index (χ1n) is 7.22. The molecule has 0 aliphatic carbocycles. The van der Waals surface area contributed by atoms with Gasteiger partial charge in [-0.05, 0) is 49.9 Å². The minimum absolute atomic E-state index is 0.572. The highest BCUT2D eigenvalue weighted by atomic mass is 16.5. The van der Waals surface area contributed by atoms with Crippen molar-refractivity contribution in [3.05, 3.63) is 29.8 Å². The third kappa shape index (κ3) is 5.09. The van der Waals surface area contributed by atoms with E-state index < -0.39 is 0 Å². The summed E-state index contributed by atoms with van der Waals surface area (Å²) >= 11 is 0. The zero-order valence-corrected chi connectivity index (χ0v) is 12.0. The number of hydrogen-bond donors (Lipinski definition) is 1. The van der Waals surface area contributed by atoms with Crippen molar-refractivity contribution in [3.8, 4) is 5.75 Å². The average Bonchev–Trinajstić information content (AvgIpc) is 2.42. The van der Waals surface area contributed by atoms with Crippen LogP contribution in [-0.4, -0.2) is 19.7 Å². The Bertz CT molecular complexity index is 325. The second-order valence-corrected chi connectivity index (χ2v) is 4.76. The van der Waals surface area contributed by atoms with E-state index in [0.717, 1.165) is 38.3 Å². The lowest BCUT2D eigenvalue weighted by molar-refractivity contribution is 0.301. The molecule has 2 heteroatoms. The predicted molar refractivity (Wildman–Crippen MR) is 78.4 cm³/mol. The monoisotopic (exact) mass is 249 g/mol. The van der Waals surface area contributed by atoms with Crippen LogP contribution in [0.25, 0.3) is 0 Å². The van der Waals surface area contributed by atoms with Gasteiger partial charge < -0.3 is 10.1 Å². The van der Waals surface area contributed by atoms with E-state index in [-0.39, 0.29) is 0 Å². The van der Waals surface area contributed by atoms with E-state index in [2.05, 4.69) is 50.4 Å². The molecule has 1 aromatic rings. The molecule has 1 N–H and O–H groups in total. The molecular formula is C16H27NO. The predicted octanol–water partition coefficient (Wildman–Crippen LogP) is 3.97. The average molecular weight is 249 g/mol. The second kappa shape index (κ2) is 8.98. The number of hydrogen-bond acceptors (Lipinski definition) is 2. The van der Waals surface area contributed by atoms with Gasteiger partial charge in [0.2, 0.25) is 0 Å². The SMILES string of the molecule is CCNCCCCOc1ccccc1C(C)CC. The van der Waals surface area contributed by atoms with E-state index in [4.69, 9.17) is 4.74 Å². The van der Waals surface area contributed by atoms with Crippen molar-refractivity contribution in [1.82, 2.24) is 5.32 Å². The molecule has 1 rings (SSSR count). The first-order chi connectivity index (χ1) is 8.79. The summed E-state index contributed by atoms with van der Waals surface area (Å²) < 4.78 is 5.91. The summed E-state index contributed by atoms with van der Waals surface area (Å²) in [5.41, 5.74) is 1.34. The Hall–Kier alpha value is -1.02. The Labute approximate surface area is 112 Å². The van der Waals surface area contributed by atoms with Crippen LogP contribution in [0.3, 0.4) is 0 Å². The molecule has 1 atom stereocenters. The van der Waals surface area contributed by atoms with Gasteiger partial charge in [0, 0.05) is 0 Å². The highest BCUT2D eigenvalue weighted by Gasteiger charge is 2.08. The third-order valence-electron chi connectivity index (χ3n) is 3.32. The largest absolute Gasteiger partial charge is 0.493 e. The van der Waals surface area contributed by atoms with E-state index >= 15 is 0 Å². The standard InChI is InChI=1S/C16H27NO/c1-4-14(3)15-10-6-7-11-16(15)18-13-9-8-12-17-5-2/h6-7,10-11,14,17H,4-5,8-9,12-13H2,1-3H3. The lowest BCUT2D eigenvalue weighted by atomic mass is 9.98. The van der Waals surface area contributed by atoms with E-state index in [1.807, 2.05) is 0 Å². The molecule has 0 aromatic heterocycles. The van der Waals surface area contributed by atoms with Gasteiger partial charge in [-0.2, -0.15) is 0 Å². The van der Waals surface area contributed by atoms with Crippen LogP contribution in [0.4, 0.5) is 0 Å². The molecular weight excluding hydrogens is 222 g/mol. The van der Waals surface area contributed by atoms with Gasteiger partial charge in [-0.15, -0.1) is 0 Å². The molecule has 0 saturated heterocycles. The van der Waals surface area contributed by atoms with E-state index in [9.17, 15) is 0 Å². The number of benzene rings is 1. The fourth-order valence-corrected chi connectivity index (χ4v) is 1.95. The van der Waals surface area contributed by atoms with Crippen LogP contribution in [-0.2, 0) is 0 Å². The fraction of sp³-hybridized carbons (Fsp3) is 0.625. The van der Waals surface area contributed by atoms with Crippen LogP contribution in [0.1, 0.15) is 51.5 Å². The van der Waals surface area contributed by atoms with E-state index in [0.29, 0.717) is 5.92 Å². The molecule has 0 amide bonds. The normalized spacial score (nSPS) is 12.4. The quantitative estimate of drug-likeness (QED) is 0.669. The summed E-state index contributed by atoms with van der Waals surface area (Å²) in [6.45, 7) is 9.58. The van der Waals surface area contributed by atoms with E-state index in [1.54, 1.807) is 0 Å². The van der Waals surface area contributed by atoms with Crippen molar-refractivity contribution in [2.24, 2.45) is 0 Å². The van der Waals surface area contributed by atoms with Crippen molar-refractivity contribution in [2.45, 2.75) is 46.0 Å². The highest BCUT2D eigenvalue weighted by molar-refractivity contribution is 5.35. The van der Waals surface area contributed by atoms with Crippen LogP contribution < -0.4 is 10.1 Å². The summed E-state index contributed by atoms with van der Waals surface area (Å²) in [5.74, 6) is 1.64. The lowest BCUT2D eigenvalue weighted by Gasteiger charge is -2.15. The third-order valence-corrected chi connectivity index (χ3v) is 3.32. The minimum Gasteiger partial charge on any atom is -0.493 e. The van der Waals surface area contributed by atoms with Crippen molar-refractivity contribution in [1.29, 1.82) is 0 Å². The summed E-state index contributed by atoms with van der Waals surface area (Å²) in [6.07, 6.45) is 3.45. The van der Waals surface area contributed by atoms with Gasteiger partial charge in [0.1, 0.15) is 5.75 Å². The maximum atomic E-state index is 5.91. The van der Waals surface area contributed by atoms with Gasteiger partial charge in [0.25, 0.3) is 0 Å². The Morgan fingerprint density at radius 1 is 1.17 bits per heavy atom. The van der Waals surface area contributed by atoms with Gasteiger partial charge in [0.15, 0.2) is 0 Å². The number of para-hydroxylation sites is 1. The molecule has 102 valence electrons. The molecule has 0 saturated carbocycles. The van der Waals surface area contributed by atoms with Crippen LogP contribution in [0.2, 0.25) is 0 Å². The lowest BCUT2D eigenvalue weighted by Crippen LogP contribution is -2.14. The maximum Gasteiger partial charge on any atom is 0.122 e. The first kappa shape index (κ1) is 15.0. The molecule has 0 fully saturated rings. The molecule has 2 nitrogen and oxygen atoms in total. The van der Waals surface area contributed by atoms with Crippen LogP contribution >= 0.6 is 0 Å². The van der Waals surface area contributed by atoms with Crippen molar-refractivity contribution < 1.29 is 4.74 Å². The van der Waals surface area contributed by atoms with Gasteiger partial charge in [-0.3, -0.25) is 0 Å². The smallest absolute Gasteiger partial charge is 0.122 e. The molecule has 18 heavy (non-hydrogen) atoms. The van der Waals surface area contributed by atoms with E-state index in [1.165, 1.54) is 12.0 Å². The molecule has 0 heterocycles. The number of nitrogens with one attached hydrogen (secondary N) is 1. The minimum atomic E-state index is 0.572. The summed E-state index contributed by atoms with van der Waals surface area (Å²) in [4.78, 5) is 0. The molecule has 0 aliphatic rings. The van der Waals surface area contributed by atoms with Gasteiger partial charge in [0.05, 0.1) is 6.61 Å². The van der Waals surface area contributed by atoms with Crippen LogP contribution in [0.15, 0.2) is 24.3 Å². The van der Waals surface area contributed by atoms with Crippen molar-refractivity contribution >= 4 is 0 Å². The zero-order valence-electron chi connectivity index (χ0n) is 12.0. The summed E-state index contributed by atoms with van der Waals surface area (Å²) in [5, 5.41) is 3.33. The Kier molecular flexibility index (Phi) is 7.51. The first-order valence-corrected chi connectivity index (χ1v) is 7.22. The topological polar surface area (TPSA) is 21.3 Å². The summed E-state index contributed by atoms with van der Waals surface area (Å²) in [6, 6.07) is 8.42. The Balaban J connectivity index is 2.37.